The Labute approximate surface area is 125 Å². The van der Waals surface area contributed by atoms with Crippen LogP contribution in [0.25, 0.3) is 0 Å². The molecule has 116 valence electrons. The van der Waals surface area contributed by atoms with Crippen molar-refractivity contribution in [3.8, 4) is 0 Å². The van der Waals surface area contributed by atoms with E-state index in [1.54, 1.807) is 0 Å². The summed E-state index contributed by atoms with van der Waals surface area (Å²) in [5.74, 6) is -0.434. The molecule has 5 heteroatoms. The Balaban J connectivity index is 2.40. The molecule has 0 saturated heterocycles. The Morgan fingerprint density at radius 3 is 2.43 bits per heavy atom. The summed E-state index contributed by atoms with van der Waals surface area (Å²) in [7, 11) is 0. The average Bonchev–Trinajstić information content (AvgIpc) is 2.44. The molecule has 5 nitrogen and oxygen atoms in total. The van der Waals surface area contributed by atoms with Gasteiger partial charge in [-0.05, 0) is 24.3 Å². The van der Waals surface area contributed by atoms with Gasteiger partial charge in [-0.25, -0.2) is 9.59 Å². The highest BCUT2D eigenvalue weighted by Crippen LogP contribution is 2.04. The second kappa shape index (κ2) is 9.00. The molecule has 1 aromatic rings. The molecule has 0 spiro atoms. The van der Waals surface area contributed by atoms with Crippen molar-refractivity contribution in [3.63, 3.8) is 0 Å². The zero-order chi connectivity index (χ0) is 15.7. The van der Waals surface area contributed by atoms with Crippen LogP contribution in [0.3, 0.4) is 0 Å². The number of carbonyl (C=O) groups is 2. The van der Waals surface area contributed by atoms with E-state index in [0.717, 1.165) is 18.4 Å². The quantitative estimate of drug-likeness (QED) is 0.644. The number of hydrogen-bond acceptors (Lipinski definition) is 2. The van der Waals surface area contributed by atoms with Gasteiger partial charge in [-0.3, -0.25) is 0 Å². The Morgan fingerprint density at radius 2 is 1.86 bits per heavy atom. The highest BCUT2D eigenvalue weighted by molar-refractivity contribution is 5.82. The number of nitrogens with one attached hydrogen (secondary N) is 2. The average molecular weight is 292 g/mol. The maximum Gasteiger partial charge on any atom is 0.326 e. The largest absolute Gasteiger partial charge is 0.480 e. The molecule has 0 aliphatic rings. The molecule has 0 fully saturated rings. The molecular formula is C16H24N2O3. The Kier molecular flexibility index (Phi) is 7.29. The predicted molar refractivity (Wildman–Crippen MR) is 82.2 cm³/mol. The first-order chi connectivity index (χ1) is 9.99. The molecule has 0 aliphatic heterocycles. The molecule has 3 N–H and O–H groups in total. The third kappa shape index (κ3) is 7.34. The molecule has 21 heavy (non-hydrogen) atoms. The van der Waals surface area contributed by atoms with Gasteiger partial charge in [-0.2, -0.15) is 0 Å². The van der Waals surface area contributed by atoms with Crippen molar-refractivity contribution in [2.75, 3.05) is 6.54 Å². The molecule has 0 aromatic heterocycles. The normalized spacial score (nSPS) is 12.0. The van der Waals surface area contributed by atoms with Gasteiger partial charge in [0.2, 0.25) is 0 Å². The minimum Gasteiger partial charge on any atom is -0.480 e. The predicted octanol–water partition coefficient (Wildman–Crippen LogP) is 2.42. The standard InChI is InChI=1S/C16H24N2O3/c1-12(2)7-6-10-17-16(21)18-14(15(19)20)11-13-8-4-3-5-9-13/h3-5,8-9,12,14H,6-7,10-11H2,1-2H3,(H,19,20)(H2,17,18,21)/t14-/m0/s1. The molecule has 2 amide bonds. The Bertz CT molecular complexity index is 446. The lowest BCUT2D eigenvalue weighted by molar-refractivity contribution is -0.139. The minimum absolute atomic E-state index is 0.273. The van der Waals surface area contributed by atoms with Gasteiger partial charge in [0, 0.05) is 13.0 Å². The van der Waals surface area contributed by atoms with E-state index in [4.69, 9.17) is 0 Å². The second-order valence-electron chi connectivity index (χ2n) is 5.52. The van der Waals surface area contributed by atoms with Gasteiger partial charge in [0.1, 0.15) is 6.04 Å². The van der Waals surface area contributed by atoms with Crippen LogP contribution in [0.2, 0.25) is 0 Å². The van der Waals surface area contributed by atoms with Gasteiger partial charge >= 0.3 is 12.0 Å². The van der Waals surface area contributed by atoms with E-state index in [-0.39, 0.29) is 6.42 Å². The van der Waals surface area contributed by atoms with E-state index in [2.05, 4.69) is 24.5 Å². The summed E-state index contributed by atoms with van der Waals surface area (Å²) in [5.41, 5.74) is 0.880. The molecule has 1 rings (SSSR count). The van der Waals surface area contributed by atoms with E-state index in [1.165, 1.54) is 0 Å². The Hall–Kier alpha value is -2.04. The third-order valence-electron chi connectivity index (χ3n) is 3.13. The first-order valence-electron chi connectivity index (χ1n) is 7.30. The maximum atomic E-state index is 11.7. The number of hydrogen-bond donors (Lipinski definition) is 3. The van der Waals surface area contributed by atoms with E-state index >= 15 is 0 Å². The summed E-state index contributed by atoms with van der Waals surface area (Å²) in [6.07, 6.45) is 2.20. The summed E-state index contributed by atoms with van der Waals surface area (Å²) < 4.78 is 0. The monoisotopic (exact) mass is 292 g/mol. The number of rotatable bonds is 8. The number of benzene rings is 1. The van der Waals surface area contributed by atoms with Crippen molar-refractivity contribution in [2.24, 2.45) is 5.92 Å². The summed E-state index contributed by atoms with van der Waals surface area (Å²) in [4.78, 5) is 22.9. The van der Waals surface area contributed by atoms with Gasteiger partial charge in [-0.15, -0.1) is 0 Å². The van der Waals surface area contributed by atoms with Crippen molar-refractivity contribution in [1.82, 2.24) is 10.6 Å². The molecule has 0 saturated carbocycles. The van der Waals surface area contributed by atoms with Gasteiger partial charge < -0.3 is 15.7 Å². The van der Waals surface area contributed by atoms with Crippen LogP contribution in [-0.4, -0.2) is 29.7 Å². The van der Waals surface area contributed by atoms with Gasteiger partial charge in [0.05, 0.1) is 0 Å². The van der Waals surface area contributed by atoms with Crippen molar-refractivity contribution >= 4 is 12.0 Å². The van der Waals surface area contributed by atoms with Gasteiger partial charge in [0.25, 0.3) is 0 Å². The fraction of sp³-hybridized carbons (Fsp3) is 0.500. The van der Waals surface area contributed by atoms with Gasteiger partial charge in [0.15, 0.2) is 0 Å². The number of carboxylic acid groups (broad SMARTS) is 1. The van der Waals surface area contributed by atoms with Crippen molar-refractivity contribution in [2.45, 2.75) is 39.2 Å². The summed E-state index contributed by atoms with van der Waals surface area (Å²) in [6, 6.07) is 7.91. The zero-order valence-corrected chi connectivity index (χ0v) is 12.6. The zero-order valence-electron chi connectivity index (χ0n) is 12.6. The number of carboxylic acids is 1. The van der Waals surface area contributed by atoms with Crippen molar-refractivity contribution < 1.29 is 14.7 Å². The first kappa shape index (κ1) is 17.0. The van der Waals surface area contributed by atoms with Crippen LogP contribution in [0.5, 0.6) is 0 Å². The van der Waals surface area contributed by atoms with Crippen LogP contribution in [0, 0.1) is 5.92 Å². The van der Waals surface area contributed by atoms with Crippen molar-refractivity contribution in [1.29, 1.82) is 0 Å². The minimum atomic E-state index is -1.03. The lowest BCUT2D eigenvalue weighted by atomic mass is 10.1. The number of aliphatic carboxylic acids is 1. The molecular weight excluding hydrogens is 268 g/mol. The van der Waals surface area contributed by atoms with E-state index in [0.29, 0.717) is 12.5 Å². The lowest BCUT2D eigenvalue weighted by Gasteiger charge is -2.15. The van der Waals surface area contributed by atoms with Crippen LogP contribution < -0.4 is 10.6 Å². The highest BCUT2D eigenvalue weighted by atomic mass is 16.4. The van der Waals surface area contributed by atoms with Gasteiger partial charge in [-0.1, -0.05) is 44.2 Å². The highest BCUT2D eigenvalue weighted by Gasteiger charge is 2.19. The fourth-order valence-corrected chi connectivity index (χ4v) is 1.97. The number of carbonyl (C=O) groups excluding carboxylic acids is 1. The number of urea groups is 1. The van der Waals surface area contributed by atoms with Crippen LogP contribution in [0.1, 0.15) is 32.3 Å². The topological polar surface area (TPSA) is 78.4 Å². The SMILES string of the molecule is CC(C)CCCNC(=O)N[C@@H](Cc1ccccc1)C(=O)O. The molecule has 0 unspecified atom stereocenters. The smallest absolute Gasteiger partial charge is 0.326 e. The molecule has 0 radical (unpaired) electrons. The lowest BCUT2D eigenvalue weighted by Crippen LogP contribution is -2.47. The molecule has 0 heterocycles. The molecule has 0 aliphatic carbocycles. The van der Waals surface area contributed by atoms with Crippen LogP contribution >= 0.6 is 0 Å². The molecule has 1 atom stereocenters. The van der Waals surface area contributed by atoms with Crippen LogP contribution in [-0.2, 0) is 11.2 Å². The third-order valence-corrected chi connectivity index (χ3v) is 3.13. The van der Waals surface area contributed by atoms with Crippen LogP contribution in [0.15, 0.2) is 30.3 Å². The summed E-state index contributed by atoms with van der Waals surface area (Å²) in [5, 5.41) is 14.4. The summed E-state index contributed by atoms with van der Waals surface area (Å²) in [6.45, 7) is 4.81. The van der Waals surface area contributed by atoms with E-state index in [9.17, 15) is 14.7 Å². The fourth-order valence-electron chi connectivity index (χ4n) is 1.97. The maximum absolute atomic E-state index is 11.7. The molecule has 0 bridgehead atoms. The van der Waals surface area contributed by atoms with Crippen LogP contribution in [0.4, 0.5) is 4.79 Å². The number of amides is 2. The second-order valence-corrected chi connectivity index (χ2v) is 5.52. The van der Waals surface area contributed by atoms with Crippen molar-refractivity contribution in [3.05, 3.63) is 35.9 Å². The van der Waals surface area contributed by atoms with E-state index in [1.807, 2.05) is 30.3 Å². The van der Waals surface area contributed by atoms with E-state index < -0.39 is 18.0 Å². The first-order valence-corrected chi connectivity index (χ1v) is 7.30. The molecule has 1 aromatic carbocycles. The Morgan fingerprint density at radius 1 is 1.19 bits per heavy atom. The summed E-state index contributed by atoms with van der Waals surface area (Å²) >= 11 is 0.